The highest BCUT2D eigenvalue weighted by molar-refractivity contribution is 6.04. The standard InChI is InChI=1S/C13H8F4N2O/c14-9-3-1-8(2-4-9)12(20)19-10-5-6-11(18-7-10)13(15,16)17/h1-7H,(H,19,20). The fourth-order valence-electron chi connectivity index (χ4n) is 1.44. The Hall–Kier alpha value is -2.44. The van der Waals surface area contributed by atoms with E-state index in [0.717, 1.165) is 30.5 Å². The Kier molecular flexibility index (Phi) is 3.69. The van der Waals surface area contributed by atoms with E-state index in [-0.39, 0.29) is 11.3 Å². The van der Waals surface area contributed by atoms with Crippen molar-refractivity contribution in [1.82, 2.24) is 4.98 Å². The quantitative estimate of drug-likeness (QED) is 0.858. The molecule has 0 spiro atoms. The minimum absolute atomic E-state index is 0.118. The van der Waals surface area contributed by atoms with Crippen LogP contribution in [0.15, 0.2) is 42.6 Å². The molecule has 0 atom stereocenters. The van der Waals surface area contributed by atoms with Crippen molar-refractivity contribution in [2.75, 3.05) is 5.32 Å². The fraction of sp³-hybridized carbons (Fsp3) is 0.0769. The van der Waals surface area contributed by atoms with E-state index >= 15 is 0 Å². The molecule has 1 heterocycles. The van der Waals surface area contributed by atoms with Gasteiger partial charge in [-0.25, -0.2) is 9.37 Å². The van der Waals surface area contributed by atoms with Gasteiger partial charge in [0.05, 0.1) is 11.9 Å². The molecule has 104 valence electrons. The molecule has 0 saturated carbocycles. The third-order valence-corrected chi connectivity index (χ3v) is 2.42. The van der Waals surface area contributed by atoms with Crippen LogP contribution in [0, 0.1) is 5.82 Å². The molecule has 0 saturated heterocycles. The Balaban J connectivity index is 2.10. The van der Waals surface area contributed by atoms with Gasteiger partial charge >= 0.3 is 6.18 Å². The monoisotopic (exact) mass is 284 g/mol. The number of alkyl halides is 3. The third kappa shape index (κ3) is 3.31. The largest absolute Gasteiger partial charge is 0.433 e. The molecular formula is C13H8F4N2O. The lowest BCUT2D eigenvalue weighted by Gasteiger charge is -2.08. The minimum Gasteiger partial charge on any atom is -0.321 e. The van der Waals surface area contributed by atoms with Gasteiger partial charge in [-0.2, -0.15) is 13.2 Å². The van der Waals surface area contributed by atoms with Crippen LogP contribution in [0.3, 0.4) is 0 Å². The summed E-state index contributed by atoms with van der Waals surface area (Å²) in [4.78, 5) is 14.9. The topological polar surface area (TPSA) is 42.0 Å². The van der Waals surface area contributed by atoms with Gasteiger partial charge in [0.2, 0.25) is 0 Å². The highest BCUT2D eigenvalue weighted by Gasteiger charge is 2.32. The zero-order chi connectivity index (χ0) is 14.8. The molecule has 1 N–H and O–H groups in total. The van der Waals surface area contributed by atoms with Crippen molar-refractivity contribution >= 4 is 11.6 Å². The van der Waals surface area contributed by atoms with Crippen LogP contribution in [-0.2, 0) is 6.18 Å². The number of hydrogen-bond acceptors (Lipinski definition) is 2. The summed E-state index contributed by atoms with van der Waals surface area (Å²) >= 11 is 0. The van der Waals surface area contributed by atoms with Crippen LogP contribution in [0.1, 0.15) is 16.1 Å². The second-order valence-corrected chi connectivity index (χ2v) is 3.89. The van der Waals surface area contributed by atoms with Crippen molar-refractivity contribution in [2.45, 2.75) is 6.18 Å². The van der Waals surface area contributed by atoms with Crippen LogP contribution < -0.4 is 5.32 Å². The van der Waals surface area contributed by atoms with Crippen molar-refractivity contribution in [3.63, 3.8) is 0 Å². The van der Waals surface area contributed by atoms with Crippen molar-refractivity contribution in [1.29, 1.82) is 0 Å². The average Bonchev–Trinajstić information content (AvgIpc) is 2.39. The molecule has 3 nitrogen and oxygen atoms in total. The molecule has 0 fully saturated rings. The van der Waals surface area contributed by atoms with Gasteiger partial charge in [-0.15, -0.1) is 0 Å². The van der Waals surface area contributed by atoms with E-state index in [1.165, 1.54) is 12.1 Å². The van der Waals surface area contributed by atoms with Gasteiger partial charge in [0.15, 0.2) is 0 Å². The number of carbonyl (C=O) groups is 1. The summed E-state index contributed by atoms with van der Waals surface area (Å²) in [5, 5.41) is 2.37. The number of nitrogens with one attached hydrogen (secondary N) is 1. The maximum Gasteiger partial charge on any atom is 0.433 e. The number of halogens is 4. The predicted octanol–water partition coefficient (Wildman–Crippen LogP) is 3.49. The smallest absolute Gasteiger partial charge is 0.321 e. The first-order chi connectivity index (χ1) is 9.36. The third-order valence-electron chi connectivity index (χ3n) is 2.42. The van der Waals surface area contributed by atoms with Crippen molar-refractivity contribution in [2.24, 2.45) is 0 Å². The Labute approximate surface area is 111 Å². The molecule has 7 heteroatoms. The van der Waals surface area contributed by atoms with E-state index in [0.29, 0.717) is 0 Å². The number of anilines is 1. The lowest BCUT2D eigenvalue weighted by atomic mass is 10.2. The number of pyridine rings is 1. The zero-order valence-corrected chi connectivity index (χ0v) is 9.91. The summed E-state index contributed by atoms with van der Waals surface area (Å²) in [6.07, 6.45) is -3.62. The number of amides is 1. The Morgan fingerprint density at radius 2 is 1.70 bits per heavy atom. The maximum atomic E-state index is 12.7. The first-order valence-electron chi connectivity index (χ1n) is 5.46. The van der Waals surface area contributed by atoms with Gasteiger partial charge in [-0.05, 0) is 36.4 Å². The normalized spacial score (nSPS) is 11.2. The summed E-state index contributed by atoms with van der Waals surface area (Å²) in [6, 6.07) is 6.61. The van der Waals surface area contributed by atoms with E-state index in [4.69, 9.17) is 0 Å². The zero-order valence-electron chi connectivity index (χ0n) is 9.91. The van der Waals surface area contributed by atoms with Gasteiger partial charge in [-0.1, -0.05) is 0 Å². The molecule has 0 aliphatic rings. The first-order valence-corrected chi connectivity index (χ1v) is 5.46. The molecule has 0 aliphatic heterocycles. The van der Waals surface area contributed by atoms with Crippen molar-refractivity contribution in [3.8, 4) is 0 Å². The number of rotatable bonds is 2. The summed E-state index contributed by atoms with van der Waals surface area (Å²) in [7, 11) is 0. The van der Waals surface area contributed by atoms with Crippen LogP contribution in [0.25, 0.3) is 0 Å². The lowest BCUT2D eigenvalue weighted by molar-refractivity contribution is -0.141. The van der Waals surface area contributed by atoms with E-state index in [1.54, 1.807) is 0 Å². The van der Waals surface area contributed by atoms with E-state index in [2.05, 4.69) is 10.3 Å². The molecular weight excluding hydrogens is 276 g/mol. The molecule has 0 radical (unpaired) electrons. The lowest BCUT2D eigenvalue weighted by Crippen LogP contribution is -2.13. The second kappa shape index (κ2) is 5.28. The highest BCUT2D eigenvalue weighted by atomic mass is 19.4. The van der Waals surface area contributed by atoms with E-state index in [9.17, 15) is 22.4 Å². The van der Waals surface area contributed by atoms with Gasteiger partial charge in [0.25, 0.3) is 5.91 Å². The molecule has 0 unspecified atom stereocenters. The van der Waals surface area contributed by atoms with E-state index < -0.39 is 23.6 Å². The number of nitrogens with zero attached hydrogens (tertiary/aromatic N) is 1. The van der Waals surface area contributed by atoms with Crippen LogP contribution in [0.4, 0.5) is 23.2 Å². The Morgan fingerprint density at radius 3 is 2.20 bits per heavy atom. The summed E-state index contributed by atoms with van der Waals surface area (Å²) in [5.41, 5.74) is -0.740. The maximum absolute atomic E-state index is 12.7. The molecule has 1 aromatic heterocycles. The number of aromatic nitrogens is 1. The molecule has 20 heavy (non-hydrogen) atoms. The van der Waals surface area contributed by atoms with Crippen LogP contribution >= 0.6 is 0 Å². The molecule has 2 aromatic rings. The molecule has 2 rings (SSSR count). The molecule has 0 bridgehead atoms. The van der Waals surface area contributed by atoms with Crippen molar-refractivity contribution < 1.29 is 22.4 Å². The SMILES string of the molecule is O=C(Nc1ccc(C(F)(F)F)nc1)c1ccc(F)cc1. The number of carbonyl (C=O) groups excluding carboxylic acids is 1. The Morgan fingerprint density at radius 1 is 1.05 bits per heavy atom. The van der Waals surface area contributed by atoms with Crippen molar-refractivity contribution in [3.05, 3.63) is 59.7 Å². The number of benzene rings is 1. The summed E-state index contributed by atoms with van der Waals surface area (Å²) in [5.74, 6) is -1.05. The molecule has 1 aromatic carbocycles. The average molecular weight is 284 g/mol. The summed E-state index contributed by atoms with van der Waals surface area (Å²) < 4.78 is 49.6. The molecule has 1 amide bonds. The van der Waals surface area contributed by atoms with Gasteiger partial charge < -0.3 is 5.32 Å². The predicted molar refractivity (Wildman–Crippen MR) is 63.6 cm³/mol. The summed E-state index contributed by atoms with van der Waals surface area (Å²) in [6.45, 7) is 0. The Bertz CT molecular complexity index is 606. The van der Waals surface area contributed by atoms with Gasteiger partial charge in [-0.3, -0.25) is 4.79 Å². The van der Waals surface area contributed by atoms with Crippen LogP contribution in [-0.4, -0.2) is 10.9 Å². The molecule has 0 aliphatic carbocycles. The first kappa shape index (κ1) is 14.0. The fourth-order valence-corrected chi connectivity index (χ4v) is 1.44. The van der Waals surface area contributed by atoms with Crippen LogP contribution in [0.5, 0.6) is 0 Å². The van der Waals surface area contributed by atoms with E-state index in [1.807, 2.05) is 0 Å². The number of hydrogen-bond donors (Lipinski definition) is 1. The second-order valence-electron chi connectivity index (χ2n) is 3.89. The van der Waals surface area contributed by atoms with Gasteiger partial charge in [0.1, 0.15) is 11.5 Å². The highest BCUT2D eigenvalue weighted by Crippen LogP contribution is 2.27. The van der Waals surface area contributed by atoms with Crippen LogP contribution in [0.2, 0.25) is 0 Å². The van der Waals surface area contributed by atoms with Gasteiger partial charge in [0, 0.05) is 5.56 Å². The minimum atomic E-state index is -4.53.